The summed E-state index contributed by atoms with van der Waals surface area (Å²) in [6, 6.07) is 6.09. The Balaban J connectivity index is 2.36. The summed E-state index contributed by atoms with van der Waals surface area (Å²) in [5.41, 5.74) is 1.28. The first-order valence-electron chi connectivity index (χ1n) is 4.62. The number of ether oxygens (including phenoxy) is 2. The maximum Gasteiger partial charge on any atom is 0.246 e. The summed E-state index contributed by atoms with van der Waals surface area (Å²) in [4.78, 5) is 0. The van der Waals surface area contributed by atoms with E-state index in [9.17, 15) is 0 Å². The monoisotopic (exact) mass is 178 g/mol. The van der Waals surface area contributed by atoms with Crippen LogP contribution in [0.4, 0.5) is 0 Å². The summed E-state index contributed by atoms with van der Waals surface area (Å²) in [5.74, 6) is 1.21. The lowest BCUT2D eigenvalue weighted by atomic mass is 10.1. The molecule has 1 aliphatic rings. The second kappa shape index (κ2) is 2.66. The van der Waals surface area contributed by atoms with Gasteiger partial charge in [0.1, 0.15) is 0 Å². The van der Waals surface area contributed by atoms with Crippen molar-refractivity contribution in [3.8, 4) is 11.5 Å². The Morgan fingerprint density at radius 3 is 2.54 bits per heavy atom. The highest BCUT2D eigenvalue weighted by Gasteiger charge is 2.31. The molecule has 1 aromatic carbocycles. The van der Waals surface area contributed by atoms with Crippen molar-refractivity contribution in [1.82, 2.24) is 0 Å². The highest BCUT2D eigenvalue weighted by Crippen LogP contribution is 2.39. The first-order chi connectivity index (χ1) is 6.11. The van der Waals surface area contributed by atoms with Crippen LogP contribution in [-0.2, 0) is 6.42 Å². The molecule has 2 rings (SSSR count). The zero-order valence-electron chi connectivity index (χ0n) is 8.26. The lowest BCUT2D eigenvalue weighted by molar-refractivity contribution is -0.0431. The smallest absolute Gasteiger partial charge is 0.246 e. The van der Waals surface area contributed by atoms with Crippen molar-refractivity contribution in [2.24, 2.45) is 0 Å². The Labute approximate surface area is 78.5 Å². The van der Waals surface area contributed by atoms with Crippen LogP contribution in [0.25, 0.3) is 0 Å². The molecule has 0 bridgehead atoms. The molecule has 1 heterocycles. The first kappa shape index (κ1) is 8.42. The van der Waals surface area contributed by atoms with Crippen molar-refractivity contribution in [1.29, 1.82) is 0 Å². The predicted octanol–water partition coefficient (Wildman–Crippen LogP) is 2.76. The number of rotatable bonds is 1. The molecule has 0 spiro atoms. The molecule has 0 unspecified atom stereocenters. The lowest BCUT2D eigenvalue weighted by Crippen LogP contribution is -2.29. The summed E-state index contributed by atoms with van der Waals surface area (Å²) in [6.45, 7) is 5.96. The van der Waals surface area contributed by atoms with Gasteiger partial charge >= 0.3 is 0 Å². The molecule has 13 heavy (non-hydrogen) atoms. The van der Waals surface area contributed by atoms with Crippen LogP contribution in [0.15, 0.2) is 18.2 Å². The van der Waals surface area contributed by atoms with E-state index in [4.69, 9.17) is 9.47 Å². The molecule has 1 aliphatic heterocycles. The highest BCUT2D eigenvalue weighted by molar-refractivity contribution is 5.45. The highest BCUT2D eigenvalue weighted by atomic mass is 16.7. The van der Waals surface area contributed by atoms with Crippen molar-refractivity contribution < 1.29 is 9.47 Å². The van der Waals surface area contributed by atoms with Crippen LogP contribution in [0.2, 0.25) is 0 Å². The largest absolute Gasteiger partial charge is 0.449 e. The normalized spacial score (nSPS) is 17.5. The van der Waals surface area contributed by atoms with Gasteiger partial charge in [0.2, 0.25) is 5.79 Å². The van der Waals surface area contributed by atoms with E-state index in [-0.39, 0.29) is 0 Å². The van der Waals surface area contributed by atoms with Crippen LogP contribution in [0.1, 0.15) is 26.3 Å². The average Bonchev–Trinajstić information content (AvgIpc) is 2.36. The molecule has 0 radical (unpaired) electrons. The van der Waals surface area contributed by atoms with E-state index in [1.165, 1.54) is 5.56 Å². The minimum absolute atomic E-state index is 0.505. The Hall–Kier alpha value is -1.18. The maximum atomic E-state index is 5.61. The fourth-order valence-electron chi connectivity index (χ4n) is 1.49. The van der Waals surface area contributed by atoms with E-state index in [0.717, 1.165) is 17.9 Å². The summed E-state index contributed by atoms with van der Waals surface area (Å²) in [7, 11) is 0. The van der Waals surface area contributed by atoms with Crippen molar-refractivity contribution in [3.63, 3.8) is 0 Å². The van der Waals surface area contributed by atoms with Gasteiger partial charge in [-0.1, -0.05) is 13.0 Å². The molecule has 0 aromatic heterocycles. The minimum atomic E-state index is -0.505. The van der Waals surface area contributed by atoms with Crippen molar-refractivity contribution in [2.75, 3.05) is 0 Å². The van der Waals surface area contributed by atoms with E-state index in [1.807, 2.05) is 26.0 Å². The molecule has 2 heteroatoms. The molecule has 70 valence electrons. The van der Waals surface area contributed by atoms with Crippen LogP contribution in [0, 0.1) is 0 Å². The van der Waals surface area contributed by atoms with Crippen LogP contribution < -0.4 is 9.47 Å². The Morgan fingerprint density at radius 2 is 1.85 bits per heavy atom. The molecule has 0 N–H and O–H groups in total. The van der Waals surface area contributed by atoms with Gasteiger partial charge in [-0.3, -0.25) is 0 Å². The van der Waals surface area contributed by atoms with E-state index in [1.54, 1.807) is 0 Å². The third kappa shape index (κ3) is 1.48. The van der Waals surface area contributed by atoms with E-state index in [0.29, 0.717) is 0 Å². The number of aryl methyl sites for hydroxylation is 1. The van der Waals surface area contributed by atoms with Crippen LogP contribution in [0.5, 0.6) is 11.5 Å². The van der Waals surface area contributed by atoms with E-state index in [2.05, 4.69) is 13.0 Å². The summed E-state index contributed by atoms with van der Waals surface area (Å²) in [6.07, 6.45) is 1.02. The van der Waals surface area contributed by atoms with Crippen molar-refractivity contribution in [2.45, 2.75) is 33.0 Å². The van der Waals surface area contributed by atoms with Gasteiger partial charge in [-0.05, 0) is 24.1 Å². The first-order valence-corrected chi connectivity index (χ1v) is 4.62. The van der Waals surface area contributed by atoms with Gasteiger partial charge in [0, 0.05) is 13.8 Å². The summed E-state index contributed by atoms with van der Waals surface area (Å²) < 4.78 is 11.2. The quantitative estimate of drug-likeness (QED) is 0.658. The molecule has 0 fully saturated rings. The second-order valence-corrected chi connectivity index (χ2v) is 3.74. The Bertz CT molecular complexity index is 329. The van der Waals surface area contributed by atoms with Gasteiger partial charge in [0.05, 0.1) is 0 Å². The summed E-state index contributed by atoms with van der Waals surface area (Å²) >= 11 is 0. The second-order valence-electron chi connectivity index (χ2n) is 3.74. The molecule has 0 saturated heterocycles. The molecule has 2 nitrogen and oxygen atoms in total. The predicted molar refractivity (Wildman–Crippen MR) is 51.2 cm³/mol. The fraction of sp³-hybridized carbons (Fsp3) is 0.455. The minimum Gasteiger partial charge on any atom is -0.449 e. The Morgan fingerprint density at radius 1 is 1.15 bits per heavy atom. The third-order valence-electron chi connectivity index (χ3n) is 2.13. The standard InChI is InChI=1S/C11H14O2/c1-4-8-5-6-9-10(7-8)13-11(2,3)12-9/h5-7H,4H2,1-3H3. The van der Waals surface area contributed by atoms with Crippen molar-refractivity contribution in [3.05, 3.63) is 23.8 Å². The van der Waals surface area contributed by atoms with Gasteiger partial charge < -0.3 is 9.47 Å². The van der Waals surface area contributed by atoms with E-state index >= 15 is 0 Å². The fourth-order valence-corrected chi connectivity index (χ4v) is 1.49. The molecule has 0 aliphatic carbocycles. The number of fused-ring (bicyclic) bond motifs is 1. The van der Waals surface area contributed by atoms with Gasteiger partial charge in [-0.2, -0.15) is 0 Å². The third-order valence-corrected chi connectivity index (χ3v) is 2.13. The van der Waals surface area contributed by atoms with Crippen molar-refractivity contribution >= 4 is 0 Å². The zero-order chi connectivity index (χ0) is 9.47. The van der Waals surface area contributed by atoms with Gasteiger partial charge in [-0.25, -0.2) is 0 Å². The SMILES string of the molecule is CCc1ccc2c(c1)OC(C)(C)O2. The maximum absolute atomic E-state index is 5.61. The topological polar surface area (TPSA) is 18.5 Å². The van der Waals surface area contributed by atoms with Gasteiger partial charge in [0.15, 0.2) is 11.5 Å². The van der Waals surface area contributed by atoms with Crippen LogP contribution in [0.3, 0.4) is 0 Å². The molecule has 1 aromatic rings. The number of hydrogen-bond acceptors (Lipinski definition) is 2. The number of benzene rings is 1. The zero-order valence-corrected chi connectivity index (χ0v) is 8.26. The molecular formula is C11H14O2. The molecule has 0 atom stereocenters. The molecular weight excluding hydrogens is 164 g/mol. The molecule has 0 amide bonds. The van der Waals surface area contributed by atoms with E-state index < -0.39 is 5.79 Å². The Kier molecular flexibility index (Phi) is 1.72. The van der Waals surface area contributed by atoms with Crippen LogP contribution >= 0.6 is 0 Å². The lowest BCUT2D eigenvalue weighted by Gasteiger charge is -2.16. The summed E-state index contributed by atoms with van der Waals surface area (Å²) in [5, 5.41) is 0. The molecule has 0 saturated carbocycles. The van der Waals surface area contributed by atoms with Gasteiger partial charge in [0.25, 0.3) is 0 Å². The average molecular weight is 178 g/mol. The number of hydrogen-bond donors (Lipinski definition) is 0. The van der Waals surface area contributed by atoms with Gasteiger partial charge in [-0.15, -0.1) is 0 Å². The van der Waals surface area contributed by atoms with Crippen LogP contribution in [-0.4, -0.2) is 5.79 Å².